The van der Waals surface area contributed by atoms with Crippen LogP contribution in [0.1, 0.15) is 38.5 Å². The van der Waals surface area contributed by atoms with Crippen LogP contribution in [0.5, 0.6) is 11.5 Å². The number of rotatable bonds is 7. The summed E-state index contributed by atoms with van der Waals surface area (Å²) in [4.78, 5) is 13.6. The van der Waals surface area contributed by atoms with Crippen molar-refractivity contribution in [1.29, 1.82) is 0 Å². The van der Waals surface area contributed by atoms with Crippen LogP contribution >= 0.6 is 0 Å². The molecule has 1 aromatic heterocycles. The minimum atomic E-state index is 0.216. The van der Waals surface area contributed by atoms with Crippen molar-refractivity contribution in [2.24, 2.45) is 11.3 Å². The van der Waals surface area contributed by atoms with Crippen LogP contribution in [0, 0.1) is 11.3 Å². The van der Waals surface area contributed by atoms with Gasteiger partial charge in [-0.2, -0.15) is 4.98 Å². The molecule has 0 atom stereocenters. The first-order chi connectivity index (χ1) is 16.5. The van der Waals surface area contributed by atoms with E-state index in [0.717, 1.165) is 62.6 Å². The highest BCUT2D eigenvalue weighted by atomic mass is 16.5. The first kappa shape index (κ1) is 23.2. The number of nitrogens with two attached hydrogens (primary N) is 1. The second kappa shape index (κ2) is 9.96. The number of ether oxygens (including phenoxy) is 3. The molecular weight excluding hydrogens is 430 g/mol. The fourth-order valence-corrected chi connectivity index (χ4v) is 5.82. The van der Waals surface area contributed by atoms with Gasteiger partial charge in [0, 0.05) is 50.8 Å². The summed E-state index contributed by atoms with van der Waals surface area (Å²) in [5.74, 6) is 3.11. The van der Waals surface area contributed by atoms with Crippen molar-refractivity contribution in [1.82, 2.24) is 14.9 Å². The Balaban J connectivity index is 1.36. The highest BCUT2D eigenvalue weighted by molar-refractivity contribution is 5.63. The molecular formula is C26H37N5O3. The Hall–Kier alpha value is -2.58. The van der Waals surface area contributed by atoms with E-state index in [1.807, 2.05) is 6.07 Å². The van der Waals surface area contributed by atoms with E-state index in [9.17, 15) is 0 Å². The van der Waals surface area contributed by atoms with Crippen LogP contribution in [0.15, 0.2) is 30.5 Å². The summed E-state index contributed by atoms with van der Waals surface area (Å²) < 4.78 is 17.8. The molecule has 2 saturated heterocycles. The molecule has 8 nitrogen and oxygen atoms in total. The molecule has 1 aliphatic carbocycles. The summed E-state index contributed by atoms with van der Waals surface area (Å²) in [5, 5.41) is 0. The Kier molecular flexibility index (Phi) is 6.79. The van der Waals surface area contributed by atoms with Crippen molar-refractivity contribution in [2.45, 2.75) is 44.6 Å². The topological polar surface area (TPSA) is 86.0 Å². The summed E-state index contributed by atoms with van der Waals surface area (Å²) >= 11 is 0. The average molecular weight is 468 g/mol. The first-order valence-electron chi connectivity index (χ1n) is 12.5. The van der Waals surface area contributed by atoms with E-state index in [1.54, 1.807) is 19.4 Å². The quantitative estimate of drug-likeness (QED) is 0.657. The van der Waals surface area contributed by atoms with Gasteiger partial charge in [-0.05, 0) is 75.1 Å². The largest absolute Gasteiger partial charge is 0.493 e. The van der Waals surface area contributed by atoms with Gasteiger partial charge in [0.2, 0.25) is 5.95 Å². The molecule has 34 heavy (non-hydrogen) atoms. The van der Waals surface area contributed by atoms with Crippen LogP contribution in [0.4, 0.5) is 17.5 Å². The summed E-state index contributed by atoms with van der Waals surface area (Å²) in [6, 6.07) is 7.83. The second-order valence-electron chi connectivity index (χ2n) is 10.3. The SMILES string of the molecule is COc1ccc(N(CC2CCOCC2)c2nccc(N)n2)cc1OC1CCC2(CC1)CN(C)C2. The molecule has 2 aromatic rings. The maximum absolute atomic E-state index is 6.56. The molecule has 0 unspecified atom stereocenters. The number of likely N-dealkylation sites (tertiary alicyclic amines) is 1. The molecule has 8 heteroatoms. The van der Waals surface area contributed by atoms with Crippen molar-refractivity contribution in [3.05, 3.63) is 30.5 Å². The Morgan fingerprint density at radius 2 is 1.88 bits per heavy atom. The smallest absolute Gasteiger partial charge is 0.231 e. The van der Waals surface area contributed by atoms with Crippen molar-refractivity contribution in [3.63, 3.8) is 0 Å². The molecule has 5 rings (SSSR count). The van der Waals surface area contributed by atoms with Gasteiger partial charge >= 0.3 is 0 Å². The van der Waals surface area contributed by atoms with Crippen LogP contribution in [-0.2, 0) is 4.74 Å². The van der Waals surface area contributed by atoms with E-state index in [-0.39, 0.29) is 6.10 Å². The van der Waals surface area contributed by atoms with Gasteiger partial charge in [0.05, 0.1) is 13.2 Å². The molecule has 3 fully saturated rings. The predicted molar refractivity (Wildman–Crippen MR) is 133 cm³/mol. The van der Waals surface area contributed by atoms with Crippen LogP contribution < -0.4 is 20.1 Å². The highest BCUT2D eigenvalue weighted by Gasteiger charge is 2.43. The van der Waals surface area contributed by atoms with Crippen molar-refractivity contribution in [3.8, 4) is 11.5 Å². The number of hydrogen-bond donors (Lipinski definition) is 1. The van der Waals surface area contributed by atoms with E-state index in [1.165, 1.54) is 25.9 Å². The van der Waals surface area contributed by atoms with Crippen LogP contribution in [0.25, 0.3) is 0 Å². The summed E-state index contributed by atoms with van der Waals surface area (Å²) in [6.07, 6.45) is 8.62. The first-order valence-corrected chi connectivity index (χ1v) is 12.5. The van der Waals surface area contributed by atoms with Crippen LogP contribution in [-0.4, -0.2) is 68.0 Å². The molecule has 3 heterocycles. The van der Waals surface area contributed by atoms with Gasteiger partial charge in [-0.25, -0.2) is 4.98 Å². The van der Waals surface area contributed by atoms with Crippen molar-refractivity contribution in [2.75, 3.05) is 57.6 Å². The molecule has 0 amide bonds. The minimum absolute atomic E-state index is 0.216. The van der Waals surface area contributed by atoms with Gasteiger partial charge in [0.15, 0.2) is 11.5 Å². The van der Waals surface area contributed by atoms with Gasteiger partial charge in [-0.15, -0.1) is 0 Å². The molecule has 2 N–H and O–H groups in total. The zero-order chi connectivity index (χ0) is 23.5. The van der Waals surface area contributed by atoms with E-state index in [0.29, 0.717) is 23.1 Å². The lowest BCUT2D eigenvalue weighted by atomic mass is 9.68. The number of methoxy groups -OCH3 is 1. The predicted octanol–water partition coefficient (Wildman–Crippen LogP) is 3.89. The Bertz CT molecular complexity index is 965. The summed E-state index contributed by atoms with van der Waals surface area (Å²) in [7, 11) is 3.91. The number of aromatic nitrogens is 2. The molecule has 1 aromatic carbocycles. The number of hydrogen-bond acceptors (Lipinski definition) is 8. The van der Waals surface area contributed by atoms with Gasteiger partial charge in [-0.1, -0.05) is 0 Å². The van der Waals surface area contributed by atoms with Crippen LogP contribution in [0.2, 0.25) is 0 Å². The number of anilines is 3. The van der Waals surface area contributed by atoms with Gasteiger partial charge in [-0.3, -0.25) is 0 Å². The second-order valence-corrected chi connectivity index (χ2v) is 10.3. The number of nitrogen functional groups attached to an aromatic ring is 1. The van der Waals surface area contributed by atoms with E-state index in [2.05, 4.69) is 38.9 Å². The summed E-state index contributed by atoms with van der Waals surface area (Å²) in [6.45, 7) is 4.84. The zero-order valence-corrected chi connectivity index (χ0v) is 20.4. The standard InChI is InChI=1S/C26H37N5O3/c1-30-17-26(18-30)10-5-21(6-11-26)34-23-15-20(3-4-22(23)32-2)31(16-19-8-13-33-14-9-19)25-28-12-7-24(27)29-25/h3-4,7,12,15,19,21H,5-6,8-11,13-14,16-18H2,1-2H3,(H2,27,28,29). The molecule has 1 spiro atoms. The normalized spacial score (nSPS) is 21.2. The van der Waals surface area contributed by atoms with E-state index in [4.69, 9.17) is 19.9 Å². The Morgan fingerprint density at radius 1 is 1.12 bits per heavy atom. The van der Waals surface area contributed by atoms with E-state index < -0.39 is 0 Å². The third-order valence-electron chi connectivity index (χ3n) is 7.64. The maximum atomic E-state index is 6.56. The third kappa shape index (κ3) is 5.08. The summed E-state index contributed by atoms with van der Waals surface area (Å²) in [5.41, 5.74) is 7.51. The lowest BCUT2D eigenvalue weighted by Gasteiger charge is -2.52. The lowest BCUT2D eigenvalue weighted by Crippen LogP contribution is -2.56. The fraction of sp³-hybridized carbons (Fsp3) is 0.615. The minimum Gasteiger partial charge on any atom is -0.493 e. The average Bonchev–Trinajstić information content (AvgIpc) is 2.84. The lowest BCUT2D eigenvalue weighted by molar-refractivity contribution is -0.0352. The Labute approximate surface area is 202 Å². The van der Waals surface area contributed by atoms with Gasteiger partial charge in [0.25, 0.3) is 0 Å². The molecule has 2 aliphatic heterocycles. The zero-order valence-electron chi connectivity index (χ0n) is 20.4. The molecule has 0 radical (unpaired) electrons. The molecule has 0 bridgehead atoms. The molecule has 1 saturated carbocycles. The number of benzene rings is 1. The van der Waals surface area contributed by atoms with Gasteiger partial charge < -0.3 is 29.7 Å². The molecule has 3 aliphatic rings. The highest BCUT2D eigenvalue weighted by Crippen LogP contribution is 2.45. The number of nitrogens with zero attached hydrogens (tertiary/aromatic N) is 4. The Morgan fingerprint density at radius 3 is 2.56 bits per heavy atom. The monoisotopic (exact) mass is 467 g/mol. The van der Waals surface area contributed by atoms with Crippen LogP contribution in [0.3, 0.4) is 0 Å². The van der Waals surface area contributed by atoms with Crippen molar-refractivity contribution < 1.29 is 14.2 Å². The molecule has 184 valence electrons. The van der Waals surface area contributed by atoms with Gasteiger partial charge in [0.1, 0.15) is 5.82 Å². The van der Waals surface area contributed by atoms with Crippen molar-refractivity contribution >= 4 is 17.5 Å². The van der Waals surface area contributed by atoms with E-state index >= 15 is 0 Å². The third-order valence-corrected chi connectivity index (χ3v) is 7.64. The fourth-order valence-electron chi connectivity index (χ4n) is 5.82. The maximum Gasteiger partial charge on any atom is 0.231 e.